The number of para-hydroxylation sites is 1. The standard InChI is InChI=1S/C28H27ClFN3O5/c1-17-12-18(6-11-24(17)31-28(37)32-25-5-3-2-4-23(25)29)13-26(34)33-15-20(30)14-21(33)16-38-22-9-7-19(8-10-22)27(35)36/h2-12,20-21H,13-16H2,1H3,(H,35,36)(H2,31,32,37)/t20-,21-/m0/s1. The second-order valence-corrected chi connectivity index (χ2v) is 9.47. The Balaban J connectivity index is 1.34. The summed E-state index contributed by atoms with van der Waals surface area (Å²) in [4.78, 5) is 37.9. The second-order valence-electron chi connectivity index (χ2n) is 9.06. The number of nitrogens with zero attached hydrogens (tertiary/aromatic N) is 1. The van der Waals surface area contributed by atoms with Gasteiger partial charge in [0.1, 0.15) is 18.5 Å². The fraction of sp³-hybridized carbons (Fsp3) is 0.250. The lowest BCUT2D eigenvalue weighted by molar-refractivity contribution is -0.132. The Morgan fingerprint density at radius 1 is 1.05 bits per heavy atom. The van der Waals surface area contributed by atoms with Crippen LogP contribution in [0.4, 0.5) is 20.6 Å². The molecule has 0 aromatic heterocycles. The van der Waals surface area contributed by atoms with Gasteiger partial charge in [-0.2, -0.15) is 0 Å². The van der Waals surface area contributed by atoms with E-state index in [0.29, 0.717) is 22.1 Å². The number of carbonyl (C=O) groups is 3. The number of benzene rings is 3. The molecule has 198 valence electrons. The van der Waals surface area contributed by atoms with Crippen LogP contribution >= 0.6 is 11.6 Å². The average molecular weight is 540 g/mol. The number of likely N-dealkylation sites (tertiary alicyclic amines) is 1. The first kappa shape index (κ1) is 26.9. The predicted molar refractivity (Wildman–Crippen MR) is 143 cm³/mol. The Labute approximate surface area is 224 Å². The van der Waals surface area contributed by atoms with Gasteiger partial charge in [0, 0.05) is 12.1 Å². The van der Waals surface area contributed by atoms with E-state index in [1.807, 2.05) is 13.0 Å². The summed E-state index contributed by atoms with van der Waals surface area (Å²) in [5, 5.41) is 14.9. The van der Waals surface area contributed by atoms with E-state index in [2.05, 4.69) is 10.6 Å². The molecule has 3 N–H and O–H groups in total. The van der Waals surface area contributed by atoms with Crippen molar-refractivity contribution >= 4 is 40.9 Å². The molecule has 0 spiro atoms. The van der Waals surface area contributed by atoms with Crippen molar-refractivity contribution in [3.05, 3.63) is 88.4 Å². The maximum atomic E-state index is 14.2. The van der Waals surface area contributed by atoms with Gasteiger partial charge in [-0.25, -0.2) is 14.0 Å². The number of ether oxygens (including phenoxy) is 1. The molecule has 1 aliphatic heterocycles. The molecular weight excluding hydrogens is 513 g/mol. The number of hydrogen-bond acceptors (Lipinski definition) is 4. The third-order valence-electron chi connectivity index (χ3n) is 6.24. The van der Waals surface area contributed by atoms with Crippen LogP contribution in [0.15, 0.2) is 66.7 Å². The second kappa shape index (κ2) is 12.0. The van der Waals surface area contributed by atoms with Crippen molar-refractivity contribution in [1.29, 1.82) is 0 Å². The molecule has 0 bridgehead atoms. The van der Waals surface area contributed by atoms with E-state index in [0.717, 1.165) is 11.1 Å². The summed E-state index contributed by atoms with van der Waals surface area (Å²) in [6, 6.07) is 17.2. The van der Waals surface area contributed by atoms with Crippen LogP contribution in [0.3, 0.4) is 0 Å². The first-order chi connectivity index (χ1) is 18.2. The van der Waals surface area contributed by atoms with Gasteiger partial charge in [0.25, 0.3) is 0 Å². The zero-order valence-corrected chi connectivity index (χ0v) is 21.4. The van der Waals surface area contributed by atoms with Crippen molar-refractivity contribution in [3.63, 3.8) is 0 Å². The number of urea groups is 1. The monoisotopic (exact) mass is 539 g/mol. The van der Waals surface area contributed by atoms with Gasteiger partial charge >= 0.3 is 12.0 Å². The molecule has 8 nitrogen and oxygen atoms in total. The summed E-state index contributed by atoms with van der Waals surface area (Å²) in [6.07, 6.45) is -0.905. The Hall–Kier alpha value is -4.11. The summed E-state index contributed by atoms with van der Waals surface area (Å²) in [5.41, 5.74) is 2.70. The van der Waals surface area contributed by atoms with E-state index in [-0.39, 0.29) is 37.5 Å². The van der Waals surface area contributed by atoms with Crippen molar-refractivity contribution in [1.82, 2.24) is 4.90 Å². The molecule has 3 amide bonds. The van der Waals surface area contributed by atoms with Gasteiger partial charge in [0.05, 0.1) is 35.3 Å². The van der Waals surface area contributed by atoms with Gasteiger partial charge in [0.15, 0.2) is 0 Å². The molecule has 1 heterocycles. The molecule has 0 unspecified atom stereocenters. The fourth-order valence-corrected chi connectivity index (χ4v) is 4.48. The van der Waals surface area contributed by atoms with E-state index in [4.69, 9.17) is 21.4 Å². The number of rotatable bonds is 8. The van der Waals surface area contributed by atoms with Crippen LogP contribution in [0.5, 0.6) is 5.75 Å². The normalized spacial score (nSPS) is 16.7. The Morgan fingerprint density at radius 2 is 1.76 bits per heavy atom. The lowest BCUT2D eigenvalue weighted by Crippen LogP contribution is -2.40. The molecular formula is C28H27ClFN3O5. The number of nitrogens with one attached hydrogen (secondary N) is 2. The number of carboxylic acids is 1. The molecule has 10 heteroatoms. The summed E-state index contributed by atoms with van der Waals surface area (Å²) in [5.74, 6) is -0.817. The van der Waals surface area contributed by atoms with Gasteiger partial charge in [-0.3, -0.25) is 4.79 Å². The van der Waals surface area contributed by atoms with Crippen LogP contribution in [-0.2, 0) is 11.2 Å². The fourth-order valence-electron chi connectivity index (χ4n) is 4.30. The van der Waals surface area contributed by atoms with Crippen LogP contribution in [-0.4, -0.2) is 53.3 Å². The lowest BCUT2D eigenvalue weighted by Gasteiger charge is -2.24. The van der Waals surface area contributed by atoms with Crippen LogP contribution in [0, 0.1) is 6.92 Å². The summed E-state index contributed by atoms with van der Waals surface area (Å²) < 4.78 is 20.0. The zero-order valence-electron chi connectivity index (χ0n) is 20.6. The van der Waals surface area contributed by atoms with Crippen LogP contribution in [0.25, 0.3) is 0 Å². The van der Waals surface area contributed by atoms with Gasteiger partial charge in [-0.15, -0.1) is 0 Å². The van der Waals surface area contributed by atoms with Gasteiger partial charge < -0.3 is 25.4 Å². The minimum Gasteiger partial charge on any atom is -0.491 e. The van der Waals surface area contributed by atoms with E-state index < -0.39 is 24.2 Å². The molecule has 1 fully saturated rings. The number of carbonyl (C=O) groups excluding carboxylic acids is 2. The number of alkyl halides is 1. The van der Waals surface area contributed by atoms with Crippen molar-refractivity contribution in [2.24, 2.45) is 0 Å². The summed E-state index contributed by atoms with van der Waals surface area (Å²) >= 11 is 6.08. The highest BCUT2D eigenvalue weighted by molar-refractivity contribution is 6.33. The molecule has 0 radical (unpaired) electrons. The lowest BCUT2D eigenvalue weighted by atomic mass is 10.1. The predicted octanol–water partition coefficient (Wildman–Crippen LogP) is 5.55. The molecule has 4 rings (SSSR count). The first-order valence-corrected chi connectivity index (χ1v) is 12.4. The molecule has 1 saturated heterocycles. The molecule has 38 heavy (non-hydrogen) atoms. The SMILES string of the molecule is Cc1cc(CC(=O)N2C[C@@H](F)C[C@H]2COc2ccc(C(=O)O)cc2)ccc1NC(=O)Nc1ccccc1Cl. The zero-order chi connectivity index (χ0) is 27.2. The minimum absolute atomic E-state index is 0.00828. The smallest absolute Gasteiger partial charge is 0.335 e. The Bertz CT molecular complexity index is 1330. The molecule has 3 aromatic rings. The van der Waals surface area contributed by atoms with Crippen LogP contribution in [0.1, 0.15) is 27.9 Å². The Kier molecular flexibility index (Phi) is 8.48. The van der Waals surface area contributed by atoms with Crippen molar-refractivity contribution < 1.29 is 28.6 Å². The highest BCUT2D eigenvalue weighted by atomic mass is 35.5. The molecule has 1 aliphatic rings. The Morgan fingerprint density at radius 3 is 2.45 bits per heavy atom. The molecule has 0 saturated carbocycles. The topological polar surface area (TPSA) is 108 Å². The number of anilines is 2. The number of aryl methyl sites for hydroxylation is 1. The minimum atomic E-state index is -1.15. The van der Waals surface area contributed by atoms with Crippen molar-refractivity contribution in [2.75, 3.05) is 23.8 Å². The average Bonchev–Trinajstić information content (AvgIpc) is 3.26. The number of amides is 3. The highest BCUT2D eigenvalue weighted by Gasteiger charge is 2.35. The number of hydrogen-bond donors (Lipinski definition) is 3. The van der Waals surface area contributed by atoms with E-state index in [1.165, 1.54) is 29.2 Å². The third-order valence-corrected chi connectivity index (χ3v) is 6.57. The highest BCUT2D eigenvalue weighted by Crippen LogP contribution is 2.25. The van der Waals surface area contributed by atoms with Crippen molar-refractivity contribution in [2.45, 2.75) is 32.0 Å². The van der Waals surface area contributed by atoms with Crippen molar-refractivity contribution in [3.8, 4) is 5.75 Å². The van der Waals surface area contributed by atoms with E-state index in [1.54, 1.807) is 36.4 Å². The molecule has 2 atom stereocenters. The van der Waals surface area contributed by atoms with E-state index in [9.17, 15) is 18.8 Å². The maximum absolute atomic E-state index is 14.2. The number of carboxylic acid groups (broad SMARTS) is 1. The first-order valence-electron chi connectivity index (χ1n) is 12.0. The van der Waals surface area contributed by atoms with Gasteiger partial charge in [-0.1, -0.05) is 35.9 Å². The van der Waals surface area contributed by atoms with Gasteiger partial charge in [-0.05, 0) is 60.5 Å². The summed E-state index contributed by atoms with van der Waals surface area (Å²) in [6.45, 7) is 1.91. The maximum Gasteiger partial charge on any atom is 0.335 e. The van der Waals surface area contributed by atoms with Crippen LogP contribution < -0.4 is 15.4 Å². The molecule has 3 aromatic carbocycles. The molecule has 0 aliphatic carbocycles. The van der Waals surface area contributed by atoms with E-state index >= 15 is 0 Å². The quantitative estimate of drug-likeness (QED) is 0.348. The third kappa shape index (κ3) is 6.80. The summed E-state index contributed by atoms with van der Waals surface area (Å²) in [7, 11) is 0. The largest absolute Gasteiger partial charge is 0.491 e. The van der Waals surface area contributed by atoms with Gasteiger partial charge in [0.2, 0.25) is 5.91 Å². The number of halogens is 2. The number of aromatic carboxylic acids is 1. The van der Waals surface area contributed by atoms with Crippen LogP contribution in [0.2, 0.25) is 5.02 Å².